The first kappa shape index (κ1) is 14.0. The zero-order valence-corrected chi connectivity index (χ0v) is 12.9. The van der Waals surface area contributed by atoms with Gasteiger partial charge in [-0.25, -0.2) is 9.37 Å². The number of fused-ring (bicyclic) bond motifs is 1. The molecular weight excluding hydrogens is 297 g/mol. The lowest BCUT2D eigenvalue weighted by Gasteiger charge is -2.31. The number of nitrogens with zero attached hydrogens (tertiary/aromatic N) is 1. The van der Waals surface area contributed by atoms with Gasteiger partial charge in [0.05, 0.1) is 21.7 Å². The highest BCUT2D eigenvalue weighted by molar-refractivity contribution is 7.15. The van der Waals surface area contributed by atoms with E-state index in [9.17, 15) is 9.50 Å². The number of thiazole rings is 1. The van der Waals surface area contributed by atoms with Gasteiger partial charge in [-0.3, -0.25) is 0 Å². The van der Waals surface area contributed by atoms with Crippen LogP contribution in [0.15, 0.2) is 18.2 Å². The number of rotatable bonds is 1. The number of hydrogen-bond donors (Lipinski definition) is 1. The van der Waals surface area contributed by atoms with Crippen molar-refractivity contribution in [1.82, 2.24) is 4.98 Å². The van der Waals surface area contributed by atoms with Crippen molar-refractivity contribution in [3.8, 4) is 10.6 Å². The Morgan fingerprint density at radius 2 is 2.20 bits per heavy atom. The van der Waals surface area contributed by atoms with Gasteiger partial charge in [0.2, 0.25) is 0 Å². The van der Waals surface area contributed by atoms with Gasteiger partial charge in [0.15, 0.2) is 0 Å². The molecule has 1 aliphatic carbocycles. The predicted molar refractivity (Wildman–Crippen MR) is 79.6 cm³/mol. The van der Waals surface area contributed by atoms with Crippen LogP contribution in [0.4, 0.5) is 4.39 Å². The van der Waals surface area contributed by atoms with E-state index < -0.39 is 11.9 Å². The molecular formula is C15H15ClFNOS. The standard InChI is InChI=1S/C15H15ClFNOS/c1-15(2)6-11-13(12(19)7-15)20-14(18-11)8-3-4-10(17)9(16)5-8/h3-5,12,19H,6-7H2,1-2H3. The lowest BCUT2D eigenvalue weighted by molar-refractivity contribution is 0.102. The predicted octanol–water partition coefficient (Wildman–Crippen LogP) is 4.61. The molecule has 0 bridgehead atoms. The second-order valence-corrected chi connectivity index (χ2v) is 7.46. The number of aliphatic hydroxyl groups is 1. The van der Waals surface area contributed by atoms with E-state index in [1.807, 2.05) is 0 Å². The normalized spacial score (nSPS) is 20.8. The number of benzene rings is 1. The first-order chi connectivity index (χ1) is 9.35. The molecule has 0 saturated carbocycles. The van der Waals surface area contributed by atoms with Crippen molar-refractivity contribution < 1.29 is 9.50 Å². The average Bonchev–Trinajstić information content (AvgIpc) is 2.75. The third-order valence-corrected chi connectivity index (χ3v) is 5.13. The second kappa shape index (κ2) is 4.79. The summed E-state index contributed by atoms with van der Waals surface area (Å²) in [6.45, 7) is 4.26. The smallest absolute Gasteiger partial charge is 0.141 e. The van der Waals surface area contributed by atoms with E-state index in [0.717, 1.165) is 34.0 Å². The maximum absolute atomic E-state index is 13.2. The van der Waals surface area contributed by atoms with E-state index in [1.165, 1.54) is 17.4 Å². The molecule has 0 amide bonds. The number of aromatic nitrogens is 1. The van der Waals surface area contributed by atoms with Crippen molar-refractivity contribution in [1.29, 1.82) is 0 Å². The van der Waals surface area contributed by atoms with Crippen LogP contribution in [0.2, 0.25) is 5.02 Å². The summed E-state index contributed by atoms with van der Waals surface area (Å²) in [7, 11) is 0. The maximum atomic E-state index is 13.2. The van der Waals surface area contributed by atoms with Gasteiger partial charge in [-0.1, -0.05) is 25.4 Å². The molecule has 0 radical (unpaired) electrons. The van der Waals surface area contributed by atoms with Crippen molar-refractivity contribution in [2.45, 2.75) is 32.8 Å². The van der Waals surface area contributed by atoms with Gasteiger partial charge in [-0.15, -0.1) is 11.3 Å². The van der Waals surface area contributed by atoms with Crippen LogP contribution in [0.25, 0.3) is 10.6 Å². The first-order valence-electron chi connectivity index (χ1n) is 6.49. The summed E-state index contributed by atoms with van der Waals surface area (Å²) in [5.41, 5.74) is 1.80. The minimum atomic E-state index is -0.462. The van der Waals surface area contributed by atoms with Crippen LogP contribution in [0.3, 0.4) is 0 Å². The summed E-state index contributed by atoms with van der Waals surface area (Å²) in [4.78, 5) is 5.55. The molecule has 0 fully saturated rings. The summed E-state index contributed by atoms with van der Waals surface area (Å²) in [5.74, 6) is -0.432. The molecule has 0 saturated heterocycles. The highest BCUT2D eigenvalue weighted by atomic mass is 35.5. The molecule has 5 heteroatoms. The molecule has 2 nitrogen and oxygen atoms in total. The van der Waals surface area contributed by atoms with Crippen molar-refractivity contribution in [3.63, 3.8) is 0 Å². The minimum absolute atomic E-state index is 0.0538. The number of halogens is 2. The van der Waals surface area contributed by atoms with Crippen LogP contribution in [-0.4, -0.2) is 10.1 Å². The lowest BCUT2D eigenvalue weighted by atomic mass is 9.77. The van der Waals surface area contributed by atoms with Crippen LogP contribution in [0.1, 0.15) is 36.9 Å². The van der Waals surface area contributed by atoms with E-state index in [2.05, 4.69) is 18.8 Å². The second-order valence-electron chi connectivity index (χ2n) is 6.02. The van der Waals surface area contributed by atoms with Gasteiger partial charge in [0.25, 0.3) is 0 Å². The van der Waals surface area contributed by atoms with E-state index in [1.54, 1.807) is 12.1 Å². The topological polar surface area (TPSA) is 33.1 Å². The molecule has 1 atom stereocenters. The van der Waals surface area contributed by atoms with Gasteiger partial charge in [0, 0.05) is 5.56 Å². The van der Waals surface area contributed by atoms with Gasteiger partial charge in [-0.05, 0) is 36.5 Å². The molecule has 1 aromatic carbocycles. The Balaban J connectivity index is 2.03. The molecule has 3 rings (SSSR count). The molecule has 0 spiro atoms. The van der Waals surface area contributed by atoms with Gasteiger partial charge < -0.3 is 5.11 Å². The van der Waals surface area contributed by atoms with Gasteiger partial charge in [0.1, 0.15) is 10.8 Å². The molecule has 1 unspecified atom stereocenters. The van der Waals surface area contributed by atoms with Crippen molar-refractivity contribution in [2.24, 2.45) is 5.41 Å². The quantitative estimate of drug-likeness (QED) is 0.834. The monoisotopic (exact) mass is 311 g/mol. The van der Waals surface area contributed by atoms with Crippen molar-refractivity contribution in [2.75, 3.05) is 0 Å². The third kappa shape index (κ3) is 2.48. The van der Waals surface area contributed by atoms with E-state index >= 15 is 0 Å². The summed E-state index contributed by atoms with van der Waals surface area (Å²) in [6, 6.07) is 4.60. The Kier molecular flexibility index (Phi) is 3.35. The maximum Gasteiger partial charge on any atom is 0.141 e. The van der Waals surface area contributed by atoms with Crippen LogP contribution in [0.5, 0.6) is 0 Å². The SMILES string of the molecule is CC1(C)Cc2nc(-c3ccc(F)c(Cl)c3)sc2C(O)C1. The Morgan fingerprint density at radius 3 is 2.90 bits per heavy atom. The van der Waals surface area contributed by atoms with Gasteiger partial charge in [-0.2, -0.15) is 0 Å². The Hall–Kier alpha value is -0.970. The zero-order valence-electron chi connectivity index (χ0n) is 11.3. The van der Waals surface area contributed by atoms with Crippen LogP contribution in [0, 0.1) is 11.2 Å². The highest BCUT2D eigenvalue weighted by Crippen LogP contribution is 2.44. The molecule has 106 valence electrons. The Bertz CT molecular complexity index is 668. The van der Waals surface area contributed by atoms with Crippen molar-refractivity contribution in [3.05, 3.63) is 39.6 Å². The molecule has 1 aliphatic rings. The number of hydrogen-bond acceptors (Lipinski definition) is 3. The molecule has 2 aromatic rings. The largest absolute Gasteiger partial charge is 0.387 e. The molecule has 1 aromatic heterocycles. The van der Waals surface area contributed by atoms with Crippen molar-refractivity contribution >= 4 is 22.9 Å². The summed E-state index contributed by atoms with van der Waals surface area (Å²) in [5, 5.41) is 11.1. The first-order valence-corrected chi connectivity index (χ1v) is 7.68. The summed E-state index contributed by atoms with van der Waals surface area (Å²) < 4.78 is 13.2. The fraction of sp³-hybridized carbons (Fsp3) is 0.400. The minimum Gasteiger partial charge on any atom is -0.387 e. The Morgan fingerprint density at radius 1 is 1.45 bits per heavy atom. The molecule has 1 heterocycles. The Labute approximate surface area is 126 Å². The van der Waals surface area contributed by atoms with E-state index in [4.69, 9.17) is 11.6 Å². The number of aliphatic hydroxyl groups excluding tert-OH is 1. The third-order valence-electron chi connectivity index (χ3n) is 3.59. The lowest BCUT2D eigenvalue weighted by Crippen LogP contribution is -2.24. The zero-order chi connectivity index (χ0) is 14.5. The molecule has 1 N–H and O–H groups in total. The average molecular weight is 312 g/mol. The van der Waals surface area contributed by atoms with E-state index in [-0.39, 0.29) is 10.4 Å². The fourth-order valence-corrected chi connectivity index (χ4v) is 3.89. The van der Waals surface area contributed by atoms with Crippen LogP contribution < -0.4 is 0 Å². The molecule has 20 heavy (non-hydrogen) atoms. The summed E-state index contributed by atoms with van der Waals surface area (Å²) in [6.07, 6.45) is 1.13. The summed E-state index contributed by atoms with van der Waals surface area (Å²) >= 11 is 7.29. The fourth-order valence-electron chi connectivity index (χ4n) is 2.64. The highest BCUT2D eigenvalue weighted by Gasteiger charge is 2.34. The van der Waals surface area contributed by atoms with E-state index in [0.29, 0.717) is 0 Å². The molecule has 0 aliphatic heterocycles. The van der Waals surface area contributed by atoms with Crippen LogP contribution in [-0.2, 0) is 6.42 Å². The van der Waals surface area contributed by atoms with Crippen LogP contribution >= 0.6 is 22.9 Å². The van der Waals surface area contributed by atoms with Gasteiger partial charge >= 0.3 is 0 Å².